The third-order valence-corrected chi connectivity index (χ3v) is 3.26. The second-order valence-electron chi connectivity index (χ2n) is 5.13. The molecule has 2 aromatic rings. The predicted molar refractivity (Wildman–Crippen MR) is 95.4 cm³/mol. The number of carbonyl (C=O) groups is 2. The van der Waals surface area contributed by atoms with Gasteiger partial charge in [-0.3, -0.25) is 9.48 Å². The average Bonchev–Trinajstić information content (AvgIpc) is 2.99. The van der Waals surface area contributed by atoms with Gasteiger partial charge in [0.05, 0.1) is 12.8 Å². The van der Waals surface area contributed by atoms with Gasteiger partial charge < -0.3 is 19.5 Å². The van der Waals surface area contributed by atoms with Crippen LogP contribution in [-0.4, -0.2) is 41.5 Å². The molecule has 26 heavy (non-hydrogen) atoms. The van der Waals surface area contributed by atoms with Crippen molar-refractivity contribution in [3.63, 3.8) is 0 Å². The Morgan fingerprint density at radius 1 is 1.27 bits per heavy atom. The van der Waals surface area contributed by atoms with Crippen molar-refractivity contribution >= 4 is 17.7 Å². The predicted octanol–water partition coefficient (Wildman–Crippen LogP) is 2.18. The molecule has 0 bridgehead atoms. The third kappa shape index (κ3) is 4.85. The Bertz CT molecular complexity index is 785. The molecule has 0 aliphatic carbocycles. The minimum Gasteiger partial charge on any atom is -0.486 e. The van der Waals surface area contributed by atoms with Crippen LogP contribution in [0, 0.1) is 0 Å². The maximum absolute atomic E-state index is 12.2. The van der Waals surface area contributed by atoms with Crippen LogP contribution in [0.15, 0.2) is 43.1 Å². The number of aromatic nitrogens is 2. The minimum absolute atomic E-state index is 0.178. The molecule has 1 amide bonds. The van der Waals surface area contributed by atoms with Gasteiger partial charge in [-0.15, -0.1) is 0 Å². The number of hydrogen-bond acceptors (Lipinski definition) is 6. The number of benzene rings is 1. The summed E-state index contributed by atoms with van der Waals surface area (Å²) >= 11 is 0. The molecular formula is C18H21N3O5. The second-order valence-corrected chi connectivity index (χ2v) is 5.13. The molecule has 2 rings (SSSR count). The Morgan fingerprint density at radius 3 is 2.62 bits per heavy atom. The normalized spacial score (nSPS) is 10.1. The van der Waals surface area contributed by atoms with Gasteiger partial charge in [0.1, 0.15) is 18.0 Å². The molecule has 0 aliphatic heterocycles. The maximum Gasteiger partial charge on any atom is 0.343 e. The molecule has 0 spiro atoms. The molecular weight excluding hydrogens is 338 g/mol. The minimum atomic E-state index is -0.556. The highest BCUT2D eigenvalue weighted by Crippen LogP contribution is 2.26. The van der Waals surface area contributed by atoms with E-state index in [0.29, 0.717) is 18.1 Å². The number of esters is 1. The Morgan fingerprint density at radius 2 is 1.96 bits per heavy atom. The number of nitrogens with zero attached hydrogens (tertiary/aromatic N) is 2. The van der Waals surface area contributed by atoms with Crippen molar-refractivity contribution in [3.8, 4) is 11.5 Å². The molecule has 1 heterocycles. The fourth-order valence-electron chi connectivity index (χ4n) is 2.09. The first kappa shape index (κ1) is 19.0. The van der Waals surface area contributed by atoms with E-state index < -0.39 is 11.9 Å². The number of anilines is 1. The topological polar surface area (TPSA) is 91.7 Å². The number of aryl methyl sites for hydroxylation is 1. The Kier molecular flexibility index (Phi) is 6.78. The van der Waals surface area contributed by atoms with E-state index in [1.807, 2.05) is 0 Å². The summed E-state index contributed by atoms with van der Waals surface area (Å²) in [5.41, 5.74) is 0.178. The van der Waals surface area contributed by atoms with Crippen LogP contribution < -0.4 is 14.8 Å². The van der Waals surface area contributed by atoms with E-state index in [1.54, 1.807) is 44.3 Å². The molecule has 0 radical (unpaired) electrons. The van der Waals surface area contributed by atoms with Crippen LogP contribution in [0.3, 0.4) is 0 Å². The summed E-state index contributed by atoms with van der Waals surface area (Å²) in [6, 6.07) is 7.00. The van der Waals surface area contributed by atoms with Crippen LogP contribution in [0.4, 0.5) is 5.82 Å². The second kappa shape index (κ2) is 9.26. The summed E-state index contributed by atoms with van der Waals surface area (Å²) in [6.07, 6.45) is 2.95. The van der Waals surface area contributed by atoms with Crippen molar-refractivity contribution in [2.75, 3.05) is 25.1 Å². The summed E-state index contributed by atoms with van der Waals surface area (Å²) in [4.78, 5) is 24.1. The van der Waals surface area contributed by atoms with Crippen molar-refractivity contribution in [1.29, 1.82) is 0 Å². The number of ether oxygens (including phenoxy) is 3. The molecule has 8 nitrogen and oxygen atoms in total. The quantitative estimate of drug-likeness (QED) is 0.545. The average molecular weight is 359 g/mol. The summed E-state index contributed by atoms with van der Waals surface area (Å²) in [7, 11) is 1.61. The summed E-state index contributed by atoms with van der Waals surface area (Å²) in [5, 5.41) is 6.58. The lowest BCUT2D eigenvalue weighted by Crippen LogP contribution is -2.23. The molecule has 1 N–H and O–H groups in total. The van der Waals surface area contributed by atoms with Gasteiger partial charge in [-0.25, -0.2) is 4.79 Å². The molecule has 0 fully saturated rings. The van der Waals surface area contributed by atoms with Gasteiger partial charge in [0.2, 0.25) is 0 Å². The Labute approximate surface area is 151 Å². The van der Waals surface area contributed by atoms with Crippen LogP contribution in [0.25, 0.3) is 0 Å². The van der Waals surface area contributed by atoms with Gasteiger partial charge in [0.15, 0.2) is 18.1 Å². The SMILES string of the molecule is C=CCOc1ccccc1OCC(=O)Nc1c(C(=O)OCC)cnn1C. The zero-order chi connectivity index (χ0) is 18.9. The summed E-state index contributed by atoms with van der Waals surface area (Å²) in [6.45, 7) is 5.58. The zero-order valence-electron chi connectivity index (χ0n) is 14.7. The molecule has 8 heteroatoms. The van der Waals surface area contributed by atoms with Crippen molar-refractivity contribution < 1.29 is 23.8 Å². The van der Waals surface area contributed by atoms with Gasteiger partial charge in [-0.1, -0.05) is 24.8 Å². The number of carbonyl (C=O) groups excluding carboxylic acids is 2. The van der Waals surface area contributed by atoms with Crippen LogP contribution in [0.5, 0.6) is 11.5 Å². The standard InChI is InChI=1S/C18H21N3O5/c1-4-10-25-14-8-6-7-9-15(14)26-12-16(22)20-17-13(11-19-21(17)3)18(23)24-5-2/h4,6-9,11H,1,5,10,12H2,2-3H3,(H,20,22). The Balaban J connectivity index is 2.01. The zero-order valence-corrected chi connectivity index (χ0v) is 14.7. The highest BCUT2D eigenvalue weighted by molar-refractivity contribution is 6.00. The molecule has 0 aliphatic rings. The molecule has 1 aromatic heterocycles. The van der Waals surface area contributed by atoms with Crippen LogP contribution in [-0.2, 0) is 16.6 Å². The smallest absolute Gasteiger partial charge is 0.343 e. The van der Waals surface area contributed by atoms with E-state index in [9.17, 15) is 9.59 Å². The number of hydrogen-bond donors (Lipinski definition) is 1. The van der Waals surface area contributed by atoms with E-state index in [4.69, 9.17) is 14.2 Å². The number of nitrogens with one attached hydrogen (secondary N) is 1. The van der Waals surface area contributed by atoms with Crippen LogP contribution in [0.1, 0.15) is 17.3 Å². The first-order chi connectivity index (χ1) is 12.6. The van der Waals surface area contributed by atoms with Gasteiger partial charge in [0.25, 0.3) is 5.91 Å². The fourth-order valence-corrected chi connectivity index (χ4v) is 2.09. The van der Waals surface area contributed by atoms with Gasteiger partial charge >= 0.3 is 5.97 Å². The first-order valence-corrected chi connectivity index (χ1v) is 8.01. The van der Waals surface area contributed by atoms with Crippen molar-refractivity contribution in [1.82, 2.24) is 9.78 Å². The lowest BCUT2D eigenvalue weighted by molar-refractivity contribution is -0.118. The lowest BCUT2D eigenvalue weighted by atomic mass is 10.3. The summed E-state index contributed by atoms with van der Waals surface area (Å²) < 4.78 is 17.3. The van der Waals surface area contributed by atoms with Gasteiger partial charge in [-0.2, -0.15) is 5.10 Å². The Hall–Kier alpha value is -3.29. The van der Waals surface area contributed by atoms with Crippen molar-refractivity contribution in [2.24, 2.45) is 7.05 Å². The highest BCUT2D eigenvalue weighted by atomic mass is 16.5. The van der Waals surface area contributed by atoms with Gasteiger partial charge in [0, 0.05) is 7.05 Å². The van der Waals surface area contributed by atoms with Crippen molar-refractivity contribution in [2.45, 2.75) is 6.92 Å². The number of para-hydroxylation sites is 2. The largest absolute Gasteiger partial charge is 0.486 e. The number of amides is 1. The van der Waals surface area contributed by atoms with Gasteiger partial charge in [-0.05, 0) is 19.1 Å². The summed E-state index contributed by atoms with van der Waals surface area (Å²) in [5.74, 6) is 0.180. The highest BCUT2D eigenvalue weighted by Gasteiger charge is 2.19. The monoisotopic (exact) mass is 359 g/mol. The number of rotatable bonds is 9. The van der Waals surface area contributed by atoms with E-state index in [1.165, 1.54) is 10.9 Å². The molecule has 0 unspecified atom stereocenters. The van der Waals surface area contributed by atoms with Crippen LogP contribution >= 0.6 is 0 Å². The van der Waals surface area contributed by atoms with Crippen molar-refractivity contribution in [3.05, 3.63) is 48.7 Å². The molecule has 138 valence electrons. The van der Waals surface area contributed by atoms with E-state index in [0.717, 1.165) is 0 Å². The first-order valence-electron chi connectivity index (χ1n) is 8.01. The molecule has 1 aromatic carbocycles. The lowest BCUT2D eigenvalue weighted by Gasteiger charge is -2.12. The fraction of sp³-hybridized carbons (Fsp3) is 0.278. The molecule has 0 saturated heterocycles. The maximum atomic E-state index is 12.2. The van der Waals surface area contributed by atoms with E-state index in [-0.39, 0.29) is 24.6 Å². The molecule has 0 saturated carbocycles. The third-order valence-electron chi connectivity index (χ3n) is 3.26. The van der Waals surface area contributed by atoms with Crippen LogP contribution in [0.2, 0.25) is 0 Å². The van der Waals surface area contributed by atoms with E-state index >= 15 is 0 Å². The van der Waals surface area contributed by atoms with E-state index in [2.05, 4.69) is 17.0 Å². The molecule has 0 atom stereocenters.